The molecule has 3 heterocycles. The third kappa shape index (κ3) is 2.78. The maximum Gasteiger partial charge on any atom is 0.295 e. The van der Waals surface area contributed by atoms with Gasteiger partial charge in [-0.2, -0.15) is 0 Å². The minimum absolute atomic E-state index is 0.277. The molecule has 2 N–H and O–H groups in total. The number of likely N-dealkylation sites (tertiary alicyclic amines) is 1. The number of imidazole rings is 1. The zero-order chi connectivity index (χ0) is 19.1. The van der Waals surface area contributed by atoms with Gasteiger partial charge in [0.15, 0.2) is 0 Å². The Balaban J connectivity index is 1.29. The van der Waals surface area contributed by atoms with Gasteiger partial charge in [0.25, 0.3) is 11.7 Å². The molecule has 0 aliphatic carbocycles. The molecular weight excluding hydrogens is 352 g/mol. The summed E-state index contributed by atoms with van der Waals surface area (Å²) in [6.07, 6.45) is 3.23. The van der Waals surface area contributed by atoms with Gasteiger partial charge in [-0.3, -0.25) is 9.59 Å². The number of rotatable bonds is 3. The highest BCUT2D eigenvalue weighted by Gasteiger charge is 2.30. The SMILES string of the molecule is O=C(C(=O)N1CCC(c2nc3ccccc3[nH]2)CC1)c1c[nH]c2ccccc12. The van der Waals surface area contributed by atoms with Crippen molar-refractivity contribution < 1.29 is 9.59 Å². The molecule has 2 aromatic heterocycles. The Morgan fingerprint density at radius 2 is 1.68 bits per heavy atom. The topological polar surface area (TPSA) is 81.8 Å². The van der Waals surface area contributed by atoms with Crippen molar-refractivity contribution >= 4 is 33.6 Å². The van der Waals surface area contributed by atoms with Crippen molar-refractivity contribution in [2.75, 3.05) is 13.1 Å². The van der Waals surface area contributed by atoms with Crippen molar-refractivity contribution in [1.82, 2.24) is 19.9 Å². The number of hydrogen-bond acceptors (Lipinski definition) is 3. The summed E-state index contributed by atoms with van der Waals surface area (Å²) < 4.78 is 0. The molecule has 4 aromatic rings. The minimum atomic E-state index is -0.445. The highest BCUT2D eigenvalue weighted by atomic mass is 16.2. The average molecular weight is 372 g/mol. The molecule has 1 aliphatic rings. The minimum Gasteiger partial charge on any atom is -0.360 e. The summed E-state index contributed by atoms with van der Waals surface area (Å²) in [5.41, 5.74) is 3.30. The molecule has 1 fully saturated rings. The van der Waals surface area contributed by atoms with Crippen LogP contribution >= 0.6 is 0 Å². The Hall–Kier alpha value is -3.41. The molecule has 0 unspecified atom stereocenters. The normalized spacial score (nSPS) is 15.4. The van der Waals surface area contributed by atoms with Crippen LogP contribution in [0.1, 0.15) is 34.9 Å². The summed E-state index contributed by atoms with van der Waals surface area (Å²) in [5, 5.41) is 0.790. The number of fused-ring (bicyclic) bond motifs is 2. The molecule has 2 aromatic carbocycles. The fourth-order valence-electron chi connectivity index (χ4n) is 4.04. The van der Waals surface area contributed by atoms with Crippen molar-refractivity contribution in [2.45, 2.75) is 18.8 Å². The summed E-state index contributed by atoms with van der Waals surface area (Å²) in [7, 11) is 0. The van der Waals surface area contributed by atoms with E-state index in [2.05, 4.69) is 15.0 Å². The second kappa shape index (κ2) is 6.64. The first-order chi connectivity index (χ1) is 13.7. The van der Waals surface area contributed by atoms with Crippen LogP contribution in [-0.2, 0) is 4.79 Å². The van der Waals surface area contributed by atoms with Crippen LogP contribution in [0.5, 0.6) is 0 Å². The summed E-state index contributed by atoms with van der Waals surface area (Å²) in [4.78, 5) is 38.3. The lowest BCUT2D eigenvalue weighted by Gasteiger charge is -2.30. The quantitative estimate of drug-likeness (QED) is 0.426. The van der Waals surface area contributed by atoms with Gasteiger partial charge in [-0.1, -0.05) is 30.3 Å². The van der Waals surface area contributed by atoms with Crippen molar-refractivity contribution in [3.05, 3.63) is 66.1 Å². The molecule has 1 aliphatic heterocycles. The van der Waals surface area contributed by atoms with Gasteiger partial charge in [-0.15, -0.1) is 0 Å². The Kier molecular flexibility index (Phi) is 3.97. The first-order valence-electron chi connectivity index (χ1n) is 9.55. The number of ketones is 1. The van der Waals surface area contributed by atoms with E-state index in [9.17, 15) is 9.59 Å². The highest BCUT2D eigenvalue weighted by molar-refractivity contribution is 6.44. The predicted octanol–water partition coefficient (Wildman–Crippen LogP) is 3.63. The van der Waals surface area contributed by atoms with Crippen LogP contribution < -0.4 is 0 Å². The fraction of sp³-hybridized carbons (Fsp3) is 0.227. The molecule has 5 rings (SSSR count). The van der Waals surface area contributed by atoms with Gasteiger partial charge in [-0.05, 0) is 31.0 Å². The number of piperidine rings is 1. The lowest BCUT2D eigenvalue weighted by atomic mass is 9.95. The molecule has 140 valence electrons. The number of hydrogen-bond donors (Lipinski definition) is 2. The van der Waals surface area contributed by atoms with Crippen LogP contribution in [-0.4, -0.2) is 44.6 Å². The number of benzene rings is 2. The highest BCUT2D eigenvalue weighted by Crippen LogP contribution is 2.28. The number of aromatic amines is 2. The van der Waals surface area contributed by atoms with Gasteiger partial charge in [0, 0.05) is 36.1 Å². The Morgan fingerprint density at radius 1 is 0.964 bits per heavy atom. The number of nitrogens with zero attached hydrogens (tertiary/aromatic N) is 2. The molecule has 0 bridgehead atoms. The summed E-state index contributed by atoms with van der Waals surface area (Å²) in [6, 6.07) is 15.5. The molecular formula is C22H20N4O2. The van der Waals surface area contributed by atoms with Crippen LogP contribution in [0.2, 0.25) is 0 Å². The van der Waals surface area contributed by atoms with Crippen LogP contribution in [0.25, 0.3) is 21.9 Å². The molecule has 0 saturated carbocycles. The van der Waals surface area contributed by atoms with Gasteiger partial charge in [-0.25, -0.2) is 4.98 Å². The van der Waals surface area contributed by atoms with E-state index in [-0.39, 0.29) is 5.92 Å². The van der Waals surface area contributed by atoms with E-state index in [4.69, 9.17) is 0 Å². The standard InChI is InChI=1S/C22H20N4O2/c27-20(16-13-23-17-6-2-1-5-15(16)17)22(28)26-11-9-14(10-12-26)21-24-18-7-3-4-8-19(18)25-21/h1-8,13-14,23H,9-12H2,(H,24,25). The van der Waals surface area contributed by atoms with Crippen LogP contribution in [0.4, 0.5) is 0 Å². The second-order valence-corrected chi connectivity index (χ2v) is 7.28. The monoisotopic (exact) mass is 372 g/mol. The molecule has 1 amide bonds. The van der Waals surface area contributed by atoms with Crippen LogP contribution in [0, 0.1) is 0 Å². The van der Waals surface area contributed by atoms with E-state index in [1.54, 1.807) is 11.1 Å². The number of amides is 1. The summed E-state index contributed by atoms with van der Waals surface area (Å²) in [5.74, 6) is 0.378. The molecule has 28 heavy (non-hydrogen) atoms. The smallest absolute Gasteiger partial charge is 0.295 e. The number of nitrogens with one attached hydrogen (secondary N) is 2. The maximum absolute atomic E-state index is 12.8. The first kappa shape index (κ1) is 16.7. The van der Waals surface area contributed by atoms with Crippen molar-refractivity contribution in [3.63, 3.8) is 0 Å². The fourth-order valence-corrected chi connectivity index (χ4v) is 4.04. The average Bonchev–Trinajstić information content (AvgIpc) is 3.37. The third-order valence-electron chi connectivity index (χ3n) is 5.60. The van der Waals surface area contributed by atoms with E-state index in [0.29, 0.717) is 18.7 Å². The second-order valence-electron chi connectivity index (χ2n) is 7.28. The maximum atomic E-state index is 12.8. The molecule has 0 radical (unpaired) electrons. The molecule has 6 nitrogen and oxygen atoms in total. The van der Waals surface area contributed by atoms with E-state index in [1.807, 2.05) is 48.5 Å². The van der Waals surface area contributed by atoms with Gasteiger partial charge in [0.05, 0.1) is 16.6 Å². The van der Waals surface area contributed by atoms with Gasteiger partial charge in [0.1, 0.15) is 5.82 Å². The molecule has 0 spiro atoms. The van der Waals surface area contributed by atoms with Crippen LogP contribution in [0.15, 0.2) is 54.7 Å². The number of H-pyrrole nitrogens is 2. The summed E-state index contributed by atoms with van der Waals surface area (Å²) in [6.45, 7) is 1.13. The number of Topliss-reactive ketones (excluding diaryl/α,β-unsaturated/α-hetero) is 1. The van der Waals surface area contributed by atoms with Gasteiger partial charge in [0.2, 0.25) is 0 Å². The Labute approximate surface area is 161 Å². The third-order valence-corrected chi connectivity index (χ3v) is 5.60. The lowest BCUT2D eigenvalue weighted by Crippen LogP contribution is -2.41. The predicted molar refractivity (Wildman–Crippen MR) is 107 cm³/mol. The Morgan fingerprint density at radius 3 is 2.46 bits per heavy atom. The first-order valence-corrected chi connectivity index (χ1v) is 9.55. The zero-order valence-corrected chi connectivity index (χ0v) is 15.3. The van der Waals surface area contributed by atoms with Crippen molar-refractivity contribution in [3.8, 4) is 0 Å². The number of carbonyl (C=O) groups excluding carboxylic acids is 2. The molecule has 1 saturated heterocycles. The van der Waals surface area contributed by atoms with E-state index in [0.717, 1.165) is 40.6 Å². The Bertz CT molecular complexity index is 1150. The number of carbonyl (C=O) groups is 2. The zero-order valence-electron chi connectivity index (χ0n) is 15.3. The lowest BCUT2D eigenvalue weighted by molar-refractivity contribution is -0.127. The van der Waals surface area contributed by atoms with E-state index in [1.165, 1.54) is 0 Å². The van der Waals surface area contributed by atoms with Crippen molar-refractivity contribution in [1.29, 1.82) is 0 Å². The van der Waals surface area contributed by atoms with Gasteiger partial charge < -0.3 is 14.9 Å². The number of para-hydroxylation sites is 3. The number of aromatic nitrogens is 3. The van der Waals surface area contributed by atoms with E-state index >= 15 is 0 Å². The van der Waals surface area contributed by atoms with Gasteiger partial charge >= 0.3 is 0 Å². The van der Waals surface area contributed by atoms with Crippen LogP contribution in [0.3, 0.4) is 0 Å². The molecule has 0 atom stereocenters. The molecule has 6 heteroatoms. The summed E-state index contributed by atoms with van der Waals surface area (Å²) >= 11 is 0. The largest absolute Gasteiger partial charge is 0.360 e. The van der Waals surface area contributed by atoms with Crippen molar-refractivity contribution in [2.24, 2.45) is 0 Å². The van der Waals surface area contributed by atoms with E-state index < -0.39 is 11.7 Å².